The number of hydrogen-bond donors (Lipinski definition) is 2. The van der Waals surface area contributed by atoms with Crippen molar-refractivity contribution in [2.45, 2.75) is 38.1 Å². The van der Waals surface area contributed by atoms with Crippen molar-refractivity contribution in [2.24, 2.45) is 5.73 Å². The van der Waals surface area contributed by atoms with Gasteiger partial charge in [0, 0.05) is 25.3 Å². The van der Waals surface area contributed by atoms with Gasteiger partial charge in [-0.1, -0.05) is 18.9 Å². The molecule has 22 heavy (non-hydrogen) atoms. The zero-order valence-electron chi connectivity index (χ0n) is 13.3. The van der Waals surface area contributed by atoms with Crippen LogP contribution in [0, 0.1) is 6.92 Å². The monoisotopic (exact) mass is 325 g/mol. The maximum Gasteiger partial charge on any atom is 0.253 e. The Balaban J connectivity index is 0.00000242. The van der Waals surface area contributed by atoms with Crippen molar-refractivity contribution in [3.05, 3.63) is 29.3 Å². The molecule has 1 aromatic carbocycles. The van der Waals surface area contributed by atoms with Gasteiger partial charge in [0.15, 0.2) is 0 Å². The zero-order valence-corrected chi connectivity index (χ0v) is 14.1. The second kappa shape index (κ2) is 7.11. The Bertz CT molecular complexity index is 567. The third kappa shape index (κ3) is 3.78. The first-order chi connectivity index (χ1) is 9.83. The lowest BCUT2D eigenvalue weighted by Gasteiger charge is -2.22. The summed E-state index contributed by atoms with van der Waals surface area (Å²) < 4.78 is 0. The minimum atomic E-state index is -0.767. The van der Waals surface area contributed by atoms with Crippen molar-refractivity contribution < 1.29 is 9.59 Å². The summed E-state index contributed by atoms with van der Waals surface area (Å²) in [6.45, 7) is 1.88. The molecular weight excluding hydrogens is 302 g/mol. The molecule has 0 atom stereocenters. The molecule has 1 saturated carbocycles. The van der Waals surface area contributed by atoms with Gasteiger partial charge in [-0.05, 0) is 37.5 Å². The van der Waals surface area contributed by atoms with E-state index in [2.05, 4.69) is 5.32 Å². The summed E-state index contributed by atoms with van der Waals surface area (Å²) in [4.78, 5) is 25.9. The highest BCUT2D eigenvalue weighted by atomic mass is 35.5. The molecule has 1 aromatic rings. The first-order valence-electron chi connectivity index (χ1n) is 7.26. The highest BCUT2D eigenvalue weighted by molar-refractivity contribution is 6.00. The quantitative estimate of drug-likeness (QED) is 0.895. The Labute approximate surface area is 137 Å². The van der Waals surface area contributed by atoms with Crippen LogP contribution in [0.2, 0.25) is 0 Å². The van der Waals surface area contributed by atoms with Gasteiger partial charge < -0.3 is 16.0 Å². The summed E-state index contributed by atoms with van der Waals surface area (Å²) in [6, 6.07) is 5.36. The normalized spacial score (nSPS) is 15.8. The summed E-state index contributed by atoms with van der Waals surface area (Å²) in [7, 11) is 3.42. The largest absolute Gasteiger partial charge is 0.345 e. The van der Waals surface area contributed by atoms with Crippen LogP contribution in [0.5, 0.6) is 0 Å². The van der Waals surface area contributed by atoms with Crippen LogP contribution >= 0.6 is 12.4 Å². The molecule has 0 radical (unpaired) electrons. The maximum absolute atomic E-state index is 12.3. The number of hydrogen-bond acceptors (Lipinski definition) is 3. The standard InChI is InChI=1S/C16H23N3O2.ClH/c1-11-6-7-12(10-13(11)14(20)19(2)3)18-15(21)16(17)8-4-5-9-16;/h6-7,10H,4-5,8-9,17H2,1-3H3,(H,18,21);1H. The van der Waals surface area contributed by atoms with E-state index in [0.717, 1.165) is 18.4 Å². The first kappa shape index (κ1) is 18.5. The van der Waals surface area contributed by atoms with Crippen LogP contribution in [0.4, 0.5) is 5.69 Å². The number of carbonyl (C=O) groups is 2. The molecule has 6 heteroatoms. The summed E-state index contributed by atoms with van der Waals surface area (Å²) in [5, 5.41) is 2.85. The van der Waals surface area contributed by atoms with Crippen LogP contribution < -0.4 is 11.1 Å². The van der Waals surface area contributed by atoms with E-state index in [0.29, 0.717) is 24.1 Å². The lowest BCUT2D eigenvalue weighted by Crippen LogP contribution is -2.48. The van der Waals surface area contributed by atoms with Crippen molar-refractivity contribution in [2.75, 3.05) is 19.4 Å². The average Bonchev–Trinajstić information content (AvgIpc) is 2.88. The maximum atomic E-state index is 12.3. The van der Waals surface area contributed by atoms with Gasteiger partial charge in [-0.3, -0.25) is 9.59 Å². The molecule has 0 bridgehead atoms. The minimum Gasteiger partial charge on any atom is -0.345 e. The molecule has 0 heterocycles. The third-order valence-corrected chi connectivity index (χ3v) is 4.08. The predicted octanol–water partition coefficient (Wildman–Crippen LogP) is 2.33. The predicted molar refractivity (Wildman–Crippen MR) is 90.5 cm³/mol. The van der Waals surface area contributed by atoms with Gasteiger partial charge in [-0.15, -0.1) is 12.4 Å². The molecule has 2 amide bonds. The first-order valence-corrected chi connectivity index (χ1v) is 7.26. The molecule has 0 spiro atoms. The number of halogens is 1. The van der Waals surface area contributed by atoms with Crippen LogP contribution in [0.25, 0.3) is 0 Å². The van der Waals surface area contributed by atoms with Crippen LogP contribution in [0.15, 0.2) is 18.2 Å². The number of anilines is 1. The smallest absolute Gasteiger partial charge is 0.253 e. The number of nitrogens with one attached hydrogen (secondary N) is 1. The van der Waals surface area contributed by atoms with Gasteiger partial charge in [-0.2, -0.15) is 0 Å². The van der Waals surface area contributed by atoms with E-state index >= 15 is 0 Å². The van der Waals surface area contributed by atoms with E-state index in [9.17, 15) is 9.59 Å². The molecule has 0 aromatic heterocycles. The average molecular weight is 326 g/mol. The number of rotatable bonds is 3. The lowest BCUT2D eigenvalue weighted by atomic mass is 9.97. The number of benzene rings is 1. The molecule has 1 aliphatic carbocycles. The summed E-state index contributed by atoms with van der Waals surface area (Å²) in [6.07, 6.45) is 3.41. The van der Waals surface area contributed by atoms with E-state index in [1.165, 1.54) is 4.90 Å². The Hall–Kier alpha value is -1.59. The van der Waals surface area contributed by atoms with E-state index in [1.807, 2.05) is 13.0 Å². The molecule has 0 saturated heterocycles. The van der Waals surface area contributed by atoms with Crippen molar-refractivity contribution in [3.8, 4) is 0 Å². The van der Waals surface area contributed by atoms with E-state index in [1.54, 1.807) is 26.2 Å². The van der Waals surface area contributed by atoms with Crippen LogP contribution in [-0.4, -0.2) is 36.3 Å². The third-order valence-electron chi connectivity index (χ3n) is 4.08. The Morgan fingerprint density at radius 3 is 2.36 bits per heavy atom. The zero-order chi connectivity index (χ0) is 15.6. The molecule has 0 unspecified atom stereocenters. The Kier molecular flexibility index (Phi) is 5.97. The van der Waals surface area contributed by atoms with E-state index in [-0.39, 0.29) is 24.2 Å². The molecule has 1 fully saturated rings. The number of nitrogens with zero attached hydrogens (tertiary/aromatic N) is 1. The fourth-order valence-electron chi connectivity index (χ4n) is 2.66. The van der Waals surface area contributed by atoms with Gasteiger partial charge in [0.1, 0.15) is 0 Å². The number of aryl methyl sites for hydroxylation is 1. The molecule has 2 rings (SSSR count). The van der Waals surface area contributed by atoms with Crippen molar-refractivity contribution >= 4 is 29.9 Å². The van der Waals surface area contributed by atoms with E-state index in [4.69, 9.17) is 5.73 Å². The topological polar surface area (TPSA) is 75.4 Å². The Morgan fingerprint density at radius 2 is 1.82 bits per heavy atom. The minimum absolute atomic E-state index is 0. The van der Waals surface area contributed by atoms with Crippen LogP contribution in [0.3, 0.4) is 0 Å². The second-order valence-electron chi connectivity index (χ2n) is 6.05. The molecular formula is C16H24ClN3O2. The highest BCUT2D eigenvalue weighted by Gasteiger charge is 2.37. The van der Waals surface area contributed by atoms with Gasteiger partial charge in [-0.25, -0.2) is 0 Å². The SMILES string of the molecule is Cc1ccc(NC(=O)C2(N)CCCC2)cc1C(=O)N(C)C.Cl. The van der Waals surface area contributed by atoms with Gasteiger partial charge in [0.05, 0.1) is 5.54 Å². The van der Waals surface area contributed by atoms with Gasteiger partial charge >= 0.3 is 0 Å². The summed E-state index contributed by atoms with van der Waals surface area (Å²) >= 11 is 0. The fourth-order valence-corrected chi connectivity index (χ4v) is 2.66. The number of amides is 2. The molecule has 122 valence electrons. The molecule has 0 aliphatic heterocycles. The highest BCUT2D eigenvalue weighted by Crippen LogP contribution is 2.28. The molecule has 3 N–H and O–H groups in total. The van der Waals surface area contributed by atoms with Gasteiger partial charge in [0.25, 0.3) is 5.91 Å². The summed E-state index contributed by atoms with van der Waals surface area (Å²) in [5.41, 5.74) is 7.47. The number of nitrogens with two attached hydrogens (primary N) is 1. The molecule has 1 aliphatic rings. The van der Waals surface area contributed by atoms with Gasteiger partial charge in [0.2, 0.25) is 5.91 Å². The summed E-state index contributed by atoms with van der Waals surface area (Å²) in [5.74, 6) is -0.237. The Morgan fingerprint density at radius 1 is 1.23 bits per heavy atom. The van der Waals surface area contributed by atoms with Crippen molar-refractivity contribution in [1.82, 2.24) is 4.90 Å². The van der Waals surface area contributed by atoms with Crippen LogP contribution in [0.1, 0.15) is 41.6 Å². The second-order valence-corrected chi connectivity index (χ2v) is 6.05. The van der Waals surface area contributed by atoms with Crippen LogP contribution in [-0.2, 0) is 4.79 Å². The van der Waals surface area contributed by atoms with Crippen molar-refractivity contribution in [3.63, 3.8) is 0 Å². The fraction of sp³-hybridized carbons (Fsp3) is 0.500. The van der Waals surface area contributed by atoms with Crippen molar-refractivity contribution in [1.29, 1.82) is 0 Å². The lowest BCUT2D eigenvalue weighted by molar-refractivity contribution is -0.121. The number of carbonyl (C=O) groups excluding carboxylic acids is 2. The molecule has 5 nitrogen and oxygen atoms in total. The van der Waals surface area contributed by atoms with E-state index < -0.39 is 5.54 Å².